The Labute approximate surface area is 136 Å². The predicted octanol–water partition coefficient (Wildman–Crippen LogP) is 3.49. The molecule has 0 saturated heterocycles. The molecule has 0 unspecified atom stereocenters. The highest BCUT2D eigenvalue weighted by Crippen LogP contribution is 2.33. The van der Waals surface area contributed by atoms with Gasteiger partial charge in [0.15, 0.2) is 0 Å². The van der Waals surface area contributed by atoms with Crippen LogP contribution in [0.25, 0.3) is 0 Å². The number of benzene rings is 2. The molecule has 0 aliphatic heterocycles. The van der Waals surface area contributed by atoms with E-state index < -0.39 is 10.0 Å². The lowest BCUT2D eigenvalue weighted by Crippen LogP contribution is -2.16. The minimum absolute atomic E-state index is 0.0523. The third-order valence-corrected chi connectivity index (χ3v) is 5.07. The van der Waals surface area contributed by atoms with Crippen LogP contribution in [-0.2, 0) is 10.0 Å². The predicted molar refractivity (Wildman–Crippen MR) is 87.4 cm³/mol. The van der Waals surface area contributed by atoms with Crippen molar-refractivity contribution < 1.29 is 13.2 Å². The Morgan fingerprint density at radius 3 is 2.62 bits per heavy atom. The van der Waals surface area contributed by atoms with Gasteiger partial charge < -0.3 is 10.5 Å². The summed E-state index contributed by atoms with van der Waals surface area (Å²) < 4.78 is 33.2. The number of nitrogens with one attached hydrogen (secondary N) is 1. The summed E-state index contributed by atoms with van der Waals surface area (Å²) in [6.45, 7) is 0. The second kappa shape index (κ2) is 6.13. The van der Waals surface area contributed by atoms with Gasteiger partial charge in [-0.2, -0.15) is 0 Å². The summed E-state index contributed by atoms with van der Waals surface area (Å²) in [7, 11) is -2.48. The molecule has 3 N–H and O–H groups in total. The fraction of sp³-hybridized carbons (Fsp3) is 0.0769. The van der Waals surface area contributed by atoms with Crippen LogP contribution in [0, 0.1) is 0 Å². The average molecular weight is 392 g/mol. The fourth-order valence-electron chi connectivity index (χ4n) is 1.76. The molecule has 2 aromatic rings. The van der Waals surface area contributed by atoms with E-state index in [0.29, 0.717) is 10.2 Å². The van der Waals surface area contributed by atoms with E-state index in [1.807, 2.05) is 0 Å². The molecular formula is C13H12BrClN2O3S. The van der Waals surface area contributed by atoms with Crippen molar-refractivity contribution in [3.05, 3.63) is 45.9 Å². The number of methoxy groups -OCH3 is 1. The Bertz CT molecular complexity index is 761. The standard InChI is InChI=1S/C13H12BrClN2O3S/c1-20-12-6-5-8(14)7-11(12)17-21(18,19)13-9(15)3-2-4-10(13)16/h2-7,17H,16H2,1H3. The minimum Gasteiger partial charge on any atom is -0.495 e. The molecule has 0 amide bonds. The van der Waals surface area contributed by atoms with Gasteiger partial charge in [0.1, 0.15) is 10.6 Å². The van der Waals surface area contributed by atoms with Crippen LogP contribution in [0.2, 0.25) is 5.02 Å². The quantitative estimate of drug-likeness (QED) is 0.782. The number of rotatable bonds is 4. The minimum atomic E-state index is -3.93. The van der Waals surface area contributed by atoms with Crippen molar-refractivity contribution in [3.63, 3.8) is 0 Å². The molecule has 0 fully saturated rings. The number of sulfonamides is 1. The summed E-state index contributed by atoms with van der Waals surface area (Å²) in [5, 5.41) is 0.0523. The van der Waals surface area contributed by atoms with Crippen molar-refractivity contribution in [2.24, 2.45) is 0 Å². The second-order valence-electron chi connectivity index (χ2n) is 4.11. The zero-order valence-corrected chi connectivity index (χ0v) is 14.1. The van der Waals surface area contributed by atoms with Gasteiger partial charge in [-0.15, -0.1) is 0 Å². The highest BCUT2D eigenvalue weighted by Gasteiger charge is 2.22. The van der Waals surface area contributed by atoms with Crippen molar-refractivity contribution in [2.45, 2.75) is 4.90 Å². The highest BCUT2D eigenvalue weighted by atomic mass is 79.9. The molecule has 0 spiro atoms. The summed E-state index contributed by atoms with van der Waals surface area (Å²) in [4.78, 5) is -0.159. The van der Waals surface area contributed by atoms with Crippen LogP contribution in [0.4, 0.5) is 11.4 Å². The zero-order chi connectivity index (χ0) is 15.6. The largest absolute Gasteiger partial charge is 0.495 e. The third kappa shape index (κ3) is 3.42. The number of nitrogen functional groups attached to an aromatic ring is 1. The van der Waals surface area contributed by atoms with Gasteiger partial charge in [-0.05, 0) is 30.3 Å². The SMILES string of the molecule is COc1ccc(Br)cc1NS(=O)(=O)c1c(N)cccc1Cl. The Morgan fingerprint density at radius 2 is 2.00 bits per heavy atom. The van der Waals surface area contributed by atoms with Gasteiger partial charge in [0.2, 0.25) is 0 Å². The molecule has 8 heteroatoms. The lowest BCUT2D eigenvalue weighted by molar-refractivity contribution is 0.417. The number of hydrogen-bond donors (Lipinski definition) is 2. The van der Waals surface area contributed by atoms with Crippen LogP contribution in [0.3, 0.4) is 0 Å². The monoisotopic (exact) mass is 390 g/mol. The molecule has 0 aromatic heterocycles. The molecule has 0 bridgehead atoms. The molecular weight excluding hydrogens is 380 g/mol. The van der Waals surface area contributed by atoms with E-state index in [1.165, 1.54) is 19.2 Å². The number of ether oxygens (including phenoxy) is 1. The topological polar surface area (TPSA) is 81.4 Å². The van der Waals surface area contributed by atoms with E-state index in [9.17, 15) is 8.42 Å². The Morgan fingerprint density at radius 1 is 1.29 bits per heavy atom. The first kappa shape index (κ1) is 15.9. The van der Waals surface area contributed by atoms with E-state index in [0.717, 1.165) is 0 Å². The van der Waals surface area contributed by atoms with Gasteiger partial charge in [0, 0.05) is 4.47 Å². The van der Waals surface area contributed by atoms with Crippen LogP contribution >= 0.6 is 27.5 Å². The van der Waals surface area contributed by atoms with Crippen molar-refractivity contribution in [2.75, 3.05) is 17.6 Å². The second-order valence-corrected chi connectivity index (χ2v) is 7.05. The van der Waals surface area contributed by atoms with Crippen LogP contribution in [0.15, 0.2) is 45.8 Å². The first-order chi connectivity index (χ1) is 9.85. The van der Waals surface area contributed by atoms with Crippen molar-refractivity contribution in [3.8, 4) is 5.75 Å². The molecule has 0 atom stereocenters. The van der Waals surface area contributed by atoms with Crippen LogP contribution in [-0.4, -0.2) is 15.5 Å². The highest BCUT2D eigenvalue weighted by molar-refractivity contribution is 9.10. The number of halogens is 2. The third-order valence-electron chi connectivity index (χ3n) is 2.67. The maximum absolute atomic E-state index is 12.5. The Hall–Kier alpha value is -1.44. The molecule has 0 radical (unpaired) electrons. The molecule has 2 rings (SSSR count). The van der Waals surface area contributed by atoms with E-state index in [4.69, 9.17) is 22.1 Å². The summed E-state index contributed by atoms with van der Waals surface area (Å²) in [6, 6.07) is 9.47. The number of anilines is 2. The summed E-state index contributed by atoms with van der Waals surface area (Å²) in [5.74, 6) is 0.382. The molecule has 0 aliphatic carbocycles. The van der Waals surface area contributed by atoms with Gasteiger partial charge in [-0.25, -0.2) is 8.42 Å². The summed E-state index contributed by atoms with van der Waals surface area (Å²) >= 11 is 9.22. The molecule has 0 saturated carbocycles. The average Bonchev–Trinajstić information content (AvgIpc) is 2.37. The van der Waals surface area contributed by atoms with Crippen molar-refractivity contribution in [1.82, 2.24) is 0 Å². The Balaban J connectivity index is 2.50. The first-order valence-corrected chi connectivity index (χ1v) is 8.41. The van der Waals surface area contributed by atoms with E-state index >= 15 is 0 Å². The summed E-state index contributed by atoms with van der Waals surface area (Å²) in [5.41, 5.74) is 6.07. The lowest BCUT2D eigenvalue weighted by atomic mass is 10.3. The maximum Gasteiger partial charge on any atom is 0.265 e. The molecule has 112 valence electrons. The summed E-state index contributed by atoms with van der Waals surface area (Å²) in [6.07, 6.45) is 0. The maximum atomic E-state index is 12.5. The Kier molecular flexibility index (Phi) is 4.65. The van der Waals surface area contributed by atoms with Gasteiger partial charge in [-0.3, -0.25) is 4.72 Å². The van der Waals surface area contributed by atoms with Gasteiger partial charge in [0.05, 0.1) is 23.5 Å². The molecule has 0 heterocycles. The van der Waals surface area contributed by atoms with Crippen LogP contribution in [0.5, 0.6) is 5.75 Å². The van der Waals surface area contributed by atoms with E-state index in [-0.39, 0.29) is 21.3 Å². The smallest absolute Gasteiger partial charge is 0.265 e. The first-order valence-electron chi connectivity index (χ1n) is 5.75. The van der Waals surface area contributed by atoms with Crippen molar-refractivity contribution >= 4 is 48.9 Å². The van der Waals surface area contributed by atoms with E-state index in [2.05, 4.69) is 20.7 Å². The molecule has 5 nitrogen and oxygen atoms in total. The fourth-order valence-corrected chi connectivity index (χ4v) is 3.87. The normalized spacial score (nSPS) is 11.2. The molecule has 0 aliphatic rings. The van der Waals surface area contributed by atoms with Gasteiger partial charge in [-0.1, -0.05) is 33.6 Å². The lowest BCUT2D eigenvalue weighted by Gasteiger charge is -2.14. The van der Waals surface area contributed by atoms with Gasteiger partial charge >= 0.3 is 0 Å². The molecule has 21 heavy (non-hydrogen) atoms. The van der Waals surface area contributed by atoms with Crippen molar-refractivity contribution in [1.29, 1.82) is 0 Å². The van der Waals surface area contributed by atoms with Crippen LogP contribution in [0.1, 0.15) is 0 Å². The molecule has 2 aromatic carbocycles. The zero-order valence-electron chi connectivity index (χ0n) is 10.9. The number of hydrogen-bond acceptors (Lipinski definition) is 4. The number of nitrogens with two attached hydrogens (primary N) is 1. The van der Waals surface area contributed by atoms with Crippen LogP contribution < -0.4 is 15.2 Å². The van der Waals surface area contributed by atoms with Gasteiger partial charge in [0.25, 0.3) is 10.0 Å². The van der Waals surface area contributed by atoms with E-state index in [1.54, 1.807) is 24.3 Å².